The molecule has 0 aromatic heterocycles. The molecule has 2 aromatic rings. The molecule has 0 radical (unpaired) electrons. The molecule has 2 aromatic carbocycles. The highest BCUT2D eigenvalue weighted by molar-refractivity contribution is 5.70. The Kier molecular flexibility index (Phi) is 5.67. The van der Waals surface area contributed by atoms with Gasteiger partial charge in [0, 0.05) is 5.56 Å². The summed E-state index contributed by atoms with van der Waals surface area (Å²) in [6.45, 7) is 5.29. The summed E-state index contributed by atoms with van der Waals surface area (Å²) < 4.78 is 6.10. The summed E-state index contributed by atoms with van der Waals surface area (Å²) >= 11 is 0. The zero-order valence-corrected chi connectivity index (χ0v) is 12.5. The van der Waals surface area contributed by atoms with Crippen LogP contribution in [0.25, 0.3) is 11.1 Å². The van der Waals surface area contributed by atoms with Crippen molar-refractivity contribution in [3.8, 4) is 16.9 Å². The summed E-state index contributed by atoms with van der Waals surface area (Å²) in [5, 5.41) is 0. The summed E-state index contributed by atoms with van der Waals surface area (Å²) in [5.41, 5.74) is 2.39. The third-order valence-corrected chi connectivity index (χ3v) is 3.72. The lowest BCUT2D eigenvalue weighted by molar-refractivity contribution is 0.236. The highest BCUT2D eigenvalue weighted by atomic mass is 16.5. The third-order valence-electron chi connectivity index (χ3n) is 3.72. The Morgan fingerprint density at radius 3 is 2.30 bits per heavy atom. The first-order valence-electron chi connectivity index (χ1n) is 7.62. The van der Waals surface area contributed by atoms with Gasteiger partial charge in [0.25, 0.3) is 0 Å². The van der Waals surface area contributed by atoms with E-state index in [1.807, 2.05) is 12.1 Å². The van der Waals surface area contributed by atoms with Crippen molar-refractivity contribution >= 4 is 0 Å². The molecule has 0 bridgehead atoms. The Balaban J connectivity index is 2.12. The molecule has 1 atom stereocenters. The van der Waals surface area contributed by atoms with Crippen molar-refractivity contribution in [2.45, 2.75) is 33.1 Å². The number of ether oxygens (including phenoxy) is 1. The average molecular weight is 268 g/mol. The van der Waals surface area contributed by atoms with Crippen LogP contribution in [-0.4, -0.2) is 6.61 Å². The maximum Gasteiger partial charge on any atom is 0.127 e. The van der Waals surface area contributed by atoms with Crippen LogP contribution in [0, 0.1) is 5.92 Å². The minimum Gasteiger partial charge on any atom is -0.493 e. The normalized spacial score (nSPS) is 12.1. The van der Waals surface area contributed by atoms with Crippen LogP contribution < -0.4 is 4.74 Å². The predicted molar refractivity (Wildman–Crippen MR) is 86.1 cm³/mol. The van der Waals surface area contributed by atoms with Crippen LogP contribution in [-0.2, 0) is 0 Å². The minimum absolute atomic E-state index is 0.656. The van der Waals surface area contributed by atoms with Crippen molar-refractivity contribution < 1.29 is 4.74 Å². The van der Waals surface area contributed by atoms with Gasteiger partial charge in [0.1, 0.15) is 5.75 Å². The molecule has 0 N–H and O–H groups in total. The SMILES string of the molecule is CCCC(CC)COc1ccccc1-c1ccccc1. The fourth-order valence-electron chi connectivity index (χ4n) is 2.47. The summed E-state index contributed by atoms with van der Waals surface area (Å²) in [7, 11) is 0. The second-order valence-corrected chi connectivity index (χ2v) is 5.24. The first-order valence-corrected chi connectivity index (χ1v) is 7.62. The van der Waals surface area contributed by atoms with E-state index in [-0.39, 0.29) is 0 Å². The highest BCUT2D eigenvalue weighted by Gasteiger charge is 2.09. The Hall–Kier alpha value is -1.76. The molecule has 0 spiro atoms. The van der Waals surface area contributed by atoms with Crippen molar-refractivity contribution in [2.75, 3.05) is 6.61 Å². The maximum atomic E-state index is 6.10. The maximum absolute atomic E-state index is 6.10. The molecule has 2 rings (SSSR count). The summed E-state index contributed by atoms with van der Waals surface area (Å²) in [5.74, 6) is 1.65. The number of rotatable bonds is 7. The molecular formula is C19H24O. The average Bonchev–Trinajstić information content (AvgIpc) is 2.52. The second-order valence-electron chi connectivity index (χ2n) is 5.24. The van der Waals surface area contributed by atoms with Gasteiger partial charge < -0.3 is 4.74 Å². The van der Waals surface area contributed by atoms with E-state index in [0.29, 0.717) is 5.92 Å². The second kappa shape index (κ2) is 7.74. The van der Waals surface area contributed by atoms with E-state index in [2.05, 4.69) is 56.3 Å². The molecule has 0 saturated carbocycles. The van der Waals surface area contributed by atoms with Gasteiger partial charge >= 0.3 is 0 Å². The van der Waals surface area contributed by atoms with Crippen molar-refractivity contribution in [3.05, 3.63) is 54.6 Å². The van der Waals surface area contributed by atoms with E-state index < -0.39 is 0 Å². The Morgan fingerprint density at radius 1 is 0.900 bits per heavy atom. The monoisotopic (exact) mass is 268 g/mol. The minimum atomic E-state index is 0.656. The lowest BCUT2D eigenvalue weighted by Crippen LogP contribution is -2.11. The topological polar surface area (TPSA) is 9.23 Å². The summed E-state index contributed by atoms with van der Waals surface area (Å²) in [6.07, 6.45) is 3.65. The highest BCUT2D eigenvalue weighted by Crippen LogP contribution is 2.30. The molecule has 1 nitrogen and oxygen atoms in total. The molecule has 0 fully saturated rings. The smallest absolute Gasteiger partial charge is 0.127 e. The van der Waals surface area contributed by atoms with Crippen LogP contribution in [0.5, 0.6) is 5.75 Å². The summed E-state index contributed by atoms with van der Waals surface area (Å²) in [4.78, 5) is 0. The Morgan fingerprint density at radius 2 is 1.60 bits per heavy atom. The molecule has 0 aliphatic carbocycles. The van der Waals surface area contributed by atoms with Crippen LogP contribution in [0.3, 0.4) is 0 Å². The van der Waals surface area contributed by atoms with Gasteiger partial charge in [-0.05, 0) is 24.0 Å². The zero-order chi connectivity index (χ0) is 14.2. The first-order chi connectivity index (χ1) is 9.85. The molecule has 0 saturated heterocycles. The van der Waals surface area contributed by atoms with Gasteiger partial charge in [0.15, 0.2) is 0 Å². The van der Waals surface area contributed by atoms with E-state index in [0.717, 1.165) is 12.4 Å². The van der Waals surface area contributed by atoms with Crippen molar-refractivity contribution in [1.82, 2.24) is 0 Å². The van der Waals surface area contributed by atoms with E-state index in [9.17, 15) is 0 Å². The molecule has 0 aliphatic rings. The first kappa shape index (κ1) is 14.6. The fraction of sp³-hybridized carbons (Fsp3) is 0.368. The molecular weight excluding hydrogens is 244 g/mol. The van der Waals surface area contributed by atoms with E-state index in [1.165, 1.54) is 30.4 Å². The fourth-order valence-corrected chi connectivity index (χ4v) is 2.47. The largest absolute Gasteiger partial charge is 0.493 e. The van der Waals surface area contributed by atoms with Crippen LogP contribution in [0.15, 0.2) is 54.6 Å². The number of hydrogen-bond donors (Lipinski definition) is 0. The van der Waals surface area contributed by atoms with Gasteiger partial charge in [-0.25, -0.2) is 0 Å². The van der Waals surface area contributed by atoms with Crippen molar-refractivity contribution in [1.29, 1.82) is 0 Å². The number of para-hydroxylation sites is 1. The third kappa shape index (κ3) is 3.86. The molecule has 0 heterocycles. The predicted octanol–water partition coefficient (Wildman–Crippen LogP) is 5.56. The van der Waals surface area contributed by atoms with E-state index >= 15 is 0 Å². The van der Waals surface area contributed by atoms with Gasteiger partial charge in [0.2, 0.25) is 0 Å². The number of benzene rings is 2. The van der Waals surface area contributed by atoms with Crippen LogP contribution in [0.2, 0.25) is 0 Å². The molecule has 0 amide bonds. The van der Waals surface area contributed by atoms with Crippen molar-refractivity contribution in [2.24, 2.45) is 5.92 Å². The molecule has 1 unspecified atom stereocenters. The molecule has 0 aliphatic heterocycles. The van der Waals surface area contributed by atoms with E-state index in [4.69, 9.17) is 4.74 Å². The van der Waals surface area contributed by atoms with Crippen LogP contribution >= 0.6 is 0 Å². The number of hydrogen-bond acceptors (Lipinski definition) is 1. The van der Waals surface area contributed by atoms with Gasteiger partial charge in [-0.2, -0.15) is 0 Å². The Labute approximate surface area is 122 Å². The molecule has 106 valence electrons. The molecule has 20 heavy (non-hydrogen) atoms. The Bertz CT molecular complexity index is 504. The van der Waals surface area contributed by atoms with Gasteiger partial charge in [-0.1, -0.05) is 75.2 Å². The van der Waals surface area contributed by atoms with Crippen molar-refractivity contribution in [3.63, 3.8) is 0 Å². The lowest BCUT2D eigenvalue weighted by Gasteiger charge is -2.17. The van der Waals surface area contributed by atoms with Gasteiger partial charge in [-0.15, -0.1) is 0 Å². The van der Waals surface area contributed by atoms with Crippen LogP contribution in [0.4, 0.5) is 0 Å². The summed E-state index contributed by atoms with van der Waals surface area (Å²) in [6, 6.07) is 18.8. The van der Waals surface area contributed by atoms with Gasteiger partial charge in [-0.3, -0.25) is 0 Å². The van der Waals surface area contributed by atoms with E-state index in [1.54, 1.807) is 0 Å². The van der Waals surface area contributed by atoms with Crippen LogP contribution in [0.1, 0.15) is 33.1 Å². The lowest BCUT2D eigenvalue weighted by atomic mass is 10.0. The van der Waals surface area contributed by atoms with Gasteiger partial charge in [0.05, 0.1) is 6.61 Å². The zero-order valence-electron chi connectivity index (χ0n) is 12.5. The quantitative estimate of drug-likeness (QED) is 0.639. The standard InChI is InChI=1S/C19H24O/c1-3-10-16(4-2)15-20-19-14-9-8-13-18(19)17-11-6-5-7-12-17/h5-9,11-14,16H,3-4,10,15H2,1-2H3. The molecule has 1 heteroatoms.